The van der Waals surface area contributed by atoms with Gasteiger partial charge in [0.25, 0.3) is 0 Å². The molecule has 2 unspecified atom stereocenters. The van der Waals surface area contributed by atoms with E-state index in [1.165, 1.54) is 0 Å². The van der Waals surface area contributed by atoms with Crippen molar-refractivity contribution in [1.29, 1.82) is 0 Å². The van der Waals surface area contributed by atoms with E-state index in [4.69, 9.17) is 14.2 Å². The highest BCUT2D eigenvalue weighted by molar-refractivity contribution is 5.42. The fraction of sp³-hybridized carbons (Fsp3) is 0.600. The van der Waals surface area contributed by atoms with Crippen LogP contribution in [-0.2, 0) is 4.74 Å². The normalized spacial score (nSPS) is 13.9. The molecule has 0 spiro atoms. The molecule has 0 aliphatic heterocycles. The molecular formula is C15H25NO3. The maximum Gasteiger partial charge on any atom is 0.123 e. The van der Waals surface area contributed by atoms with Gasteiger partial charge in [-0.25, -0.2) is 0 Å². The molecule has 2 atom stereocenters. The lowest BCUT2D eigenvalue weighted by Gasteiger charge is -2.22. The van der Waals surface area contributed by atoms with Crippen LogP contribution < -0.4 is 14.8 Å². The lowest BCUT2D eigenvalue weighted by molar-refractivity contribution is 0.124. The van der Waals surface area contributed by atoms with E-state index in [0.717, 1.165) is 23.7 Å². The van der Waals surface area contributed by atoms with Crippen molar-refractivity contribution in [3.63, 3.8) is 0 Å². The molecule has 0 saturated heterocycles. The predicted molar refractivity (Wildman–Crippen MR) is 77.1 cm³/mol. The van der Waals surface area contributed by atoms with Gasteiger partial charge in [-0.2, -0.15) is 0 Å². The van der Waals surface area contributed by atoms with Crippen molar-refractivity contribution < 1.29 is 14.2 Å². The number of hydrogen-bond acceptors (Lipinski definition) is 4. The zero-order chi connectivity index (χ0) is 14.3. The maximum absolute atomic E-state index is 5.42. The van der Waals surface area contributed by atoms with Crippen molar-refractivity contribution in [2.24, 2.45) is 0 Å². The van der Waals surface area contributed by atoms with Gasteiger partial charge in [0.2, 0.25) is 0 Å². The lowest BCUT2D eigenvalue weighted by atomic mass is 10.1. The van der Waals surface area contributed by atoms with Crippen LogP contribution in [0.25, 0.3) is 0 Å². The Kier molecular flexibility index (Phi) is 6.67. The van der Waals surface area contributed by atoms with Crippen LogP contribution >= 0.6 is 0 Å². The molecule has 108 valence electrons. The minimum absolute atomic E-state index is 0.167. The van der Waals surface area contributed by atoms with Gasteiger partial charge in [0.15, 0.2) is 0 Å². The molecule has 19 heavy (non-hydrogen) atoms. The smallest absolute Gasteiger partial charge is 0.123 e. The van der Waals surface area contributed by atoms with E-state index in [1.807, 2.05) is 25.1 Å². The Morgan fingerprint density at radius 2 is 1.89 bits per heavy atom. The van der Waals surface area contributed by atoms with Gasteiger partial charge in [-0.1, -0.05) is 0 Å². The third-order valence-electron chi connectivity index (χ3n) is 3.01. The monoisotopic (exact) mass is 267 g/mol. The van der Waals surface area contributed by atoms with Gasteiger partial charge in [0.05, 0.1) is 20.8 Å². The minimum Gasteiger partial charge on any atom is -0.497 e. The number of nitrogens with one attached hydrogen (secondary N) is 1. The van der Waals surface area contributed by atoms with E-state index in [1.54, 1.807) is 14.2 Å². The van der Waals surface area contributed by atoms with Crippen LogP contribution in [0.5, 0.6) is 11.5 Å². The van der Waals surface area contributed by atoms with Gasteiger partial charge < -0.3 is 19.5 Å². The Morgan fingerprint density at radius 1 is 1.16 bits per heavy atom. The summed E-state index contributed by atoms with van der Waals surface area (Å²) < 4.78 is 16.1. The Labute approximate surface area is 116 Å². The molecule has 0 fully saturated rings. The van der Waals surface area contributed by atoms with Gasteiger partial charge in [-0.15, -0.1) is 0 Å². The van der Waals surface area contributed by atoms with E-state index in [0.29, 0.717) is 6.61 Å². The first-order chi connectivity index (χ1) is 9.12. The number of rotatable bonds is 8. The fourth-order valence-corrected chi connectivity index (χ4v) is 2.04. The second-order valence-electron chi connectivity index (χ2n) is 4.56. The van der Waals surface area contributed by atoms with Crippen LogP contribution in [0.4, 0.5) is 0 Å². The van der Waals surface area contributed by atoms with Crippen molar-refractivity contribution in [2.75, 3.05) is 27.4 Å². The Bertz CT molecular complexity index is 382. The van der Waals surface area contributed by atoms with Gasteiger partial charge in [0, 0.05) is 24.3 Å². The molecule has 0 heterocycles. The van der Waals surface area contributed by atoms with Crippen LogP contribution in [0, 0.1) is 0 Å². The molecule has 0 saturated carbocycles. The molecular weight excluding hydrogens is 242 g/mol. The molecule has 0 aliphatic rings. The molecule has 0 radical (unpaired) electrons. The third kappa shape index (κ3) is 4.73. The minimum atomic E-state index is 0.167. The van der Waals surface area contributed by atoms with E-state index in [-0.39, 0.29) is 12.1 Å². The van der Waals surface area contributed by atoms with Crippen molar-refractivity contribution in [3.8, 4) is 11.5 Å². The Hall–Kier alpha value is -1.26. The molecule has 4 nitrogen and oxygen atoms in total. The maximum atomic E-state index is 5.42. The van der Waals surface area contributed by atoms with Crippen LogP contribution in [0.2, 0.25) is 0 Å². The summed E-state index contributed by atoms with van der Waals surface area (Å²) in [7, 11) is 3.35. The highest BCUT2D eigenvalue weighted by Crippen LogP contribution is 2.29. The molecule has 0 aliphatic carbocycles. The highest BCUT2D eigenvalue weighted by Gasteiger charge is 2.14. The van der Waals surface area contributed by atoms with E-state index < -0.39 is 0 Å². The third-order valence-corrected chi connectivity index (χ3v) is 3.01. The summed E-state index contributed by atoms with van der Waals surface area (Å²) in [5, 5.41) is 3.50. The van der Waals surface area contributed by atoms with Gasteiger partial charge in [0.1, 0.15) is 11.5 Å². The largest absolute Gasteiger partial charge is 0.497 e. The summed E-state index contributed by atoms with van der Waals surface area (Å²) in [6, 6.07) is 6.29. The standard InChI is InChI=1S/C15H25NO3/c1-6-19-10-11(2)16-12(3)14-9-13(17-4)7-8-15(14)18-5/h7-9,11-12,16H,6,10H2,1-5H3. The summed E-state index contributed by atoms with van der Waals surface area (Å²) in [5.41, 5.74) is 1.09. The molecule has 0 bridgehead atoms. The van der Waals surface area contributed by atoms with Gasteiger partial charge >= 0.3 is 0 Å². The molecule has 1 aromatic carbocycles. The van der Waals surface area contributed by atoms with Crippen LogP contribution in [0.1, 0.15) is 32.4 Å². The number of hydrogen-bond donors (Lipinski definition) is 1. The van der Waals surface area contributed by atoms with Crippen molar-refractivity contribution in [1.82, 2.24) is 5.32 Å². The SMILES string of the molecule is CCOCC(C)NC(C)c1cc(OC)ccc1OC. The summed E-state index contributed by atoms with van der Waals surface area (Å²) in [6.45, 7) is 7.66. The summed E-state index contributed by atoms with van der Waals surface area (Å²) in [5.74, 6) is 1.70. The average molecular weight is 267 g/mol. The average Bonchev–Trinajstić information content (AvgIpc) is 2.44. The zero-order valence-electron chi connectivity index (χ0n) is 12.5. The summed E-state index contributed by atoms with van der Waals surface area (Å²) in [6.07, 6.45) is 0. The van der Waals surface area contributed by atoms with Crippen molar-refractivity contribution >= 4 is 0 Å². The summed E-state index contributed by atoms with van der Waals surface area (Å²) in [4.78, 5) is 0. The predicted octanol–water partition coefficient (Wildman–Crippen LogP) is 2.78. The van der Waals surface area contributed by atoms with Crippen molar-refractivity contribution in [3.05, 3.63) is 23.8 Å². The lowest BCUT2D eigenvalue weighted by Crippen LogP contribution is -2.33. The Morgan fingerprint density at radius 3 is 2.47 bits per heavy atom. The number of benzene rings is 1. The first kappa shape index (κ1) is 15.8. The zero-order valence-corrected chi connectivity index (χ0v) is 12.5. The van der Waals surface area contributed by atoms with E-state index in [9.17, 15) is 0 Å². The fourth-order valence-electron chi connectivity index (χ4n) is 2.04. The molecule has 1 rings (SSSR count). The number of methoxy groups -OCH3 is 2. The molecule has 1 aromatic rings. The molecule has 4 heteroatoms. The van der Waals surface area contributed by atoms with E-state index >= 15 is 0 Å². The van der Waals surface area contributed by atoms with Crippen LogP contribution in [0.15, 0.2) is 18.2 Å². The molecule has 0 aromatic heterocycles. The topological polar surface area (TPSA) is 39.7 Å². The Balaban J connectivity index is 2.76. The highest BCUT2D eigenvalue weighted by atomic mass is 16.5. The van der Waals surface area contributed by atoms with Crippen LogP contribution in [0.3, 0.4) is 0 Å². The van der Waals surface area contributed by atoms with E-state index in [2.05, 4.69) is 19.2 Å². The molecule has 0 amide bonds. The second-order valence-corrected chi connectivity index (χ2v) is 4.56. The first-order valence-electron chi connectivity index (χ1n) is 6.68. The quantitative estimate of drug-likeness (QED) is 0.786. The van der Waals surface area contributed by atoms with Gasteiger partial charge in [-0.3, -0.25) is 0 Å². The summed E-state index contributed by atoms with van der Waals surface area (Å²) >= 11 is 0. The van der Waals surface area contributed by atoms with Crippen molar-refractivity contribution in [2.45, 2.75) is 32.9 Å². The number of ether oxygens (including phenoxy) is 3. The molecule has 1 N–H and O–H groups in total. The van der Waals surface area contributed by atoms with Gasteiger partial charge in [-0.05, 0) is 39.0 Å². The second kappa shape index (κ2) is 8.02. The van der Waals surface area contributed by atoms with Crippen LogP contribution in [-0.4, -0.2) is 33.5 Å². The first-order valence-corrected chi connectivity index (χ1v) is 6.68.